The standard InChI is InChI=1S/C19H16ClNO5/c20-14-4-6-16(7-5-14)25-10-11-26-19(24)13-2-1-3-15(12-13)21-17(22)8-9-18(21)23/h1-7,12H,8-11H2. The number of ether oxygens (including phenoxy) is 2. The molecule has 0 aromatic heterocycles. The zero-order valence-corrected chi connectivity index (χ0v) is 14.6. The first kappa shape index (κ1) is 17.9. The second kappa shape index (κ2) is 8.01. The lowest BCUT2D eigenvalue weighted by molar-refractivity contribution is -0.121. The van der Waals surface area contributed by atoms with Crippen molar-refractivity contribution < 1.29 is 23.9 Å². The first-order valence-corrected chi connectivity index (χ1v) is 8.44. The van der Waals surface area contributed by atoms with Crippen molar-refractivity contribution in [3.8, 4) is 5.75 Å². The van der Waals surface area contributed by atoms with Gasteiger partial charge in [-0.25, -0.2) is 4.79 Å². The van der Waals surface area contributed by atoms with Gasteiger partial charge in [0, 0.05) is 17.9 Å². The molecule has 6 nitrogen and oxygen atoms in total. The minimum absolute atomic E-state index is 0.0628. The van der Waals surface area contributed by atoms with Crippen LogP contribution < -0.4 is 9.64 Å². The SMILES string of the molecule is O=C(OCCOc1ccc(Cl)cc1)c1cccc(N2C(=O)CCC2=O)c1. The van der Waals surface area contributed by atoms with Crippen molar-refractivity contribution in [2.45, 2.75) is 12.8 Å². The molecule has 1 saturated heterocycles. The molecular formula is C19H16ClNO5. The number of hydrogen-bond donors (Lipinski definition) is 0. The number of amides is 2. The molecule has 1 heterocycles. The van der Waals surface area contributed by atoms with Crippen molar-refractivity contribution in [2.75, 3.05) is 18.1 Å². The van der Waals surface area contributed by atoms with Crippen LogP contribution in [-0.4, -0.2) is 31.0 Å². The van der Waals surface area contributed by atoms with E-state index in [1.54, 1.807) is 42.5 Å². The van der Waals surface area contributed by atoms with E-state index in [-0.39, 0.29) is 43.4 Å². The van der Waals surface area contributed by atoms with Crippen LogP contribution in [0.1, 0.15) is 23.2 Å². The Morgan fingerprint density at radius 3 is 2.38 bits per heavy atom. The van der Waals surface area contributed by atoms with Gasteiger partial charge in [-0.15, -0.1) is 0 Å². The van der Waals surface area contributed by atoms with Crippen LogP contribution in [0.25, 0.3) is 0 Å². The van der Waals surface area contributed by atoms with Gasteiger partial charge in [-0.2, -0.15) is 0 Å². The molecule has 26 heavy (non-hydrogen) atoms. The molecule has 2 amide bonds. The number of anilines is 1. The van der Waals surface area contributed by atoms with Gasteiger partial charge >= 0.3 is 5.97 Å². The second-order valence-electron chi connectivity index (χ2n) is 5.61. The largest absolute Gasteiger partial charge is 0.490 e. The molecule has 0 bridgehead atoms. The zero-order valence-electron chi connectivity index (χ0n) is 13.8. The fourth-order valence-corrected chi connectivity index (χ4v) is 2.67. The number of carbonyl (C=O) groups is 3. The quantitative estimate of drug-likeness (QED) is 0.441. The van der Waals surface area contributed by atoms with Crippen LogP contribution >= 0.6 is 11.6 Å². The second-order valence-corrected chi connectivity index (χ2v) is 6.05. The number of carbonyl (C=O) groups excluding carboxylic acids is 3. The maximum absolute atomic E-state index is 12.1. The number of halogens is 1. The average molecular weight is 374 g/mol. The summed E-state index contributed by atoms with van der Waals surface area (Å²) in [7, 11) is 0. The summed E-state index contributed by atoms with van der Waals surface area (Å²) in [6, 6.07) is 13.1. The number of hydrogen-bond acceptors (Lipinski definition) is 5. The van der Waals surface area contributed by atoms with Crippen LogP contribution in [0, 0.1) is 0 Å². The average Bonchev–Trinajstić information content (AvgIpc) is 2.98. The van der Waals surface area contributed by atoms with Gasteiger partial charge in [0.25, 0.3) is 0 Å². The van der Waals surface area contributed by atoms with E-state index < -0.39 is 5.97 Å². The molecule has 0 aliphatic carbocycles. The Morgan fingerprint density at radius 2 is 1.69 bits per heavy atom. The van der Waals surface area contributed by atoms with E-state index in [1.165, 1.54) is 6.07 Å². The zero-order chi connectivity index (χ0) is 18.5. The van der Waals surface area contributed by atoms with Crippen molar-refractivity contribution in [1.29, 1.82) is 0 Å². The van der Waals surface area contributed by atoms with Crippen molar-refractivity contribution in [2.24, 2.45) is 0 Å². The predicted octanol–water partition coefficient (Wildman–Crippen LogP) is 3.23. The lowest BCUT2D eigenvalue weighted by Crippen LogP contribution is -2.28. The monoisotopic (exact) mass is 373 g/mol. The molecule has 3 rings (SSSR count). The van der Waals surface area contributed by atoms with Gasteiger partial charge in [-0.05, 0) is 42.5 Å². The maximum Gasteiger partial charge on any atom is 0.338 e. The minimum atomic E-state index is -0.550. The summed E-state index contributed by atoms with van der Waals surface area (Å²) < 4.78 is 10.6. The Labute approximate surface area is 155 Å². The molecule has 2 aromatic carbocycles. The number of benzene rings is 2. The highest BCUT2D eigenvalue weighted by Crippen LogP contribution is 2.23. The summed E-state index contributed by atoms with van der Waals surface area (Å²) in [6.45, 7) is 0.253. The van der Waals surface area contributed by atoms with E-state index in [0.29, 0.717) is 16.5 Å². The number of esters is 1. The highest BCUT2D eigenvalue weighted by Gasteiger charge is 2.30. The molecule has 0 spiro atoms. The van der Waals surface area contributed by atoms with E-state index >= 15 is 0 Å². The molecule has 0 radical (unpaired) electrons. The molecule has 1 aliphatic rings. The lowest BCUT2D eigenvalue weighted by atomic mass is 10.2. The van der Waals surface area contributed by atoms with E-state index in [9.17, 15) is 14.4 Å². The normalized spacial score (nSPS) is 13.8. The van der Waals surface area contributed by atoms with Gasteiger partial charge in [-0.1, -0.05) is 17.7 Å². The maximum atomic E-state index is 12.1. The summed E-state index contributed by atoms with van der Waals surface area (Å²) in [6.07, 6.45) is 0.380. The molecule has 134 valence electrons. The van der Waals surface area contributed by atoms with Gasteiger partial charge in [0.2, 0.25) is 11.8 Å². The van der Waals surface area contributed by atoms with E-state index in [0.717, 1.165) is 4.90 Å². The lowest BCUT2D eigenvalue weighted by Gasteiger charge is -2.14. The van der Waals surface area contributed by atoms with Crippen LogP contribution in [0.5, 0.6) is 5.75 Å². The molecule has 1 aliphatic heterocycles. The number of rotatable bonds is 6. The molecule has 0 N–H and O–H groups in total. The molecule has 7 heteroatoms. The summed E-state index contributed by atoms with van der Waals surface area (Å²) in [5, 5.41) is 0.610. The van der Waals surface area contributed by atoms with Gasteiger partial charge in [0.15, 0.2) is 0 Å². The van der Waals surface area contributed by atoms with Crippen LogP contribution in [0.4, 0.5) is 5.69 Å². The molecule has 1 fully saturated rings. The van der Waals surface area contributed by atoms with E-state index in [2.05, 4.69) is 0 Å². The number of nitrogens with zero attached hydrogens (tertiary/aromatic N) is 1. The fraction of sp³-hybridized carbons (Fsp3) is 0.211. The fourth-order valence-electron chi connectivity index (χ4n) is 2.54. The topological polar surface area (TPSA) is 72.9 Å². The highest BCUT2D eigenvalue weighted by atomic mass is 35.5. The van der Waals surface area contributed by atoms with Crippen molar-refractivity contribution in [3.05, 3.63) is 59.1 Å². The first-order valence-electron chi connectivity index (χ1n) is 8.06. The molecule has 2 aromatic rings. The smallest absolute Gasteiger partial charge is 0.338 e. The van der Waals surface area contributed by atoms with E-state index in [1.807, 2.05) is 0 Å². The summed E-state index contributed by atoms with van der Waals surface area (Å²) >= 11 is 5.79. The Morgan fingerprint density at radius 1 is 1.00 bits per heavy atom. The van der Waals surface area contributed by atoms with Gasteiger partial charge < -0.3 is 9.47 Å². The molecule has 0 unspecified atom stereocenters. The van der Waals surface area contributed by atoms with Crippen molar-refractivity contribution in [1.82, 2.24) is 0 Å². The first-order chi connectivity index (χ1) is 12.5. The minimum Gasteiger partial charge on any atom is -0.490 e. The van der Waals surface area contributed by atoms with Crippen LogP contribution in [-0.2, 0) is 14.3 Å². The third-order valence-electron chi connectivity index (χ3n) is 3.79. The summed E-state index contributed by atoms with van der Waals surface area (Å²) in [5.74, 6) is -0.460. The Hall–Kier alpha value is -2.86. The van der Waals surface area contributed by atoms with Gasteiger partial charge in [0.1, 0.15) is 19.0 Å². The Bertz CT molecular complexity index is 818. The van der Waals surface area contributed by atoms with Gasteiger partial charge in [-0.3, -0.25) is 14.5 Å². The van der Waals surface area contributed by atoms with Crippen molar-refractivity contribution >= 4 is 35.1 Å². The Kier molecular flexibility index (Phi) is 5.53. The van der Waals surface area contributed by atoms with Gasteiger partial charge in [0.05, 0.1) is 11.3 Å². The van der Waals surface area contributed by atoms with Crippen LogP contribution in [0.3, 0.4) is 0 Å². The van der Waals surface area contributed by atoms with Crippen LogP contribution in [0.2, 0.25) is 5.02 Å². The molecule has 0 atom stereocenters. The van der Waals surface area contributed by atoms with Crippen LogP contribution in [0.15, 0.2) is 48.5 Å². The van der Waals surface area contributed by atoms with Crippen molar-refractivity contribution in [3.63, 3.8) is 0 Å². The summed E-state index contributed by atoms with van der Waals surface area (Å²) in [5.41, 5.74) is 0.644. The molecular weight excluding hydrogens is 358 g/mol. The molecule has 0 saturated carbocycles. The van der Waals surface area contributed by atoms with E-state index in [4.69, 9.17) is 21.1 Å². The Balaban J connectivity index is 1.55. The third kappa shape index (κ3) is 4.21. The number of imide groups is 1. The highest BCUT2D eigenvalue weighted by molar-refractivity contribution is 6.30. The summed E-state index contributed by atoms with van der Waals surface area (Å²) in [4.78, 5) is 36.8. The predicted molar refractivity (Wildman–Crippen MR) is 95.4 cm³/mol. The third-order valence-corrected chi connectivity index (χ3v) is 4.04.